The van der Waals surface area contributed by atoms with Crippen LogP contribution in [0.4, 0.5) is 5.69 Å². The lowest BCUT2D eigenvalue weighted by atomic mass is 10.2. The Morgan fingerprint density at radius 1 is 1.40 bits per heavy atom. The summed E-state index contributed by atoms with van der Waals surface area (Å²) in [5, 5.41) is 6.89. The van der Waals surface area contributed by atoms with Crippen molar-refractivity contribution in [3.05, 3.63) is 47.5 Å². The lowest BCUT2D eigenvalue weighted by Crippen LogP contribution is -2.40. The summed E-state index contributed by atoms with van der Waals surface area (Å²) in [5.74, 6) is 0.793. The number of nitrogens with one attached hydrogen (secondary N) is 3. The van der Waals surface area contributed by atoms with E-state index in [0.717, 1.165) is 11.5 Å². The van der Waals surface area contributed by atoms with E-state index in [0.29, 0.717) is 18.0 Å². The van der Waals surface area contributed by atoms with Gasteiger partial charge in [-0.3, -0.25) is 4.79 Å². The van der Waals surface area contributed by atoms with E-state index in [2.05, 4.69) is 20.6 Å². The number of hydrogen-bond acceptors (Lipinski definition) is 3. The predicted octanol–water partition coefficient (Wildman–Crippen LogP) is 2.22. The lowest BCUT2D eigenvalue weighted by molar-refractivity contribution is -0.119. The minimum atomic E-state index is -0.0561. The van der Waals surface area contributed by atoms with E-state index in [1.165, 1.54) is 6.92 Å². The Hall–Kier alpha value is -2.01. The van der Waals surface area contributed by atoms with E-state index in [1.807, 2.05) is 24.3 Å². The third kappa shape index (κ3) is 4.59. The number of imidazole rings is 1. The fourth-order valence-corrected chi connectivity index (χ4v) is 2.04. The first-order chi connectivity index (χ1) is 9.63. The molecule has 2 rings (SSSR count). The molecule has 0 saturated heterocycles. The Balaban J connectivity index is 1.93. The fourth-order valence-electron chi connectivity index (χ4n) is 1.91. The van der Waals surface area contributed by atoms with Crippen molar-refractivity contribution in [2.24, 2.45) is 0 Å². The van der Waals surface area contributed by atoms with Crippen LogP contribution in [0.5, 0.6) is 0 Å². The molecule has 1 aromatic heterocycles. The number of H-pyrrole nitrogens is 1. The lowest BCUT2D eigenvalue weighted by Gasteiger charge is -2.18. The van der Waals surface area contributed by atoms with Crippen molar-refractivity contribution >= 4 is 23.2 Å². The molecule has 0 saturated carbocycles. The van der Waals surface area contributed by atoms with Crippen molar-refractivity contribution in [1.82, 2.24) is 15.3 Å². The van der Waals surface area contributed by atoms with Gasteiger partial charge in [0, 0.05) is 43.0 Å². The van der Waals surface area contributed by atoms with Crippen LogP contribution in [-0.2, 0) is 11.2 Å². The van der Waals surface area contributed by atoms with E-state index < -0.39 is 0 Å². The maximum Gasteiger partial charge on any atom is 0.217 e. The van der Waals surface area contributed by atoms with Gasteiger partial charge in [-0.15, -0.1) is 0 Å². The first-order valence-corrected chi connectivity index (χ1v) is 6.76. The molecule has 0 fully saturated rings. The van der Waals surface area contributed by atoms with Crippen LogP contribution >= 0.6 is 11.6 Å². The van der Waals surface area contributed by atoms with Crippen LogP contribution in [-0.4, -0.2) is 28.5 Å². The Labute approximate surface area is 122 Å². The Morgan fingerprint density at radius 3 is 2.75 bits per heavy atom. The van der Waals surface area contributed by atoms with Crippen LogP contribution < -0.4 is 10.6 Å². The van der Waals surface area contributed by atoms with Gasteiger partial charge in [-0.25, -0.2) is 4.98 Å². The zero-order valence-electron chi connectivity index (χ0n) is 11.2. The van der Waals surface area contributed by atoms with Crippen molar-refractivity contribution in [2.45, 2.75) is 19.4 Å². The van der Waals surface area contributed by atoms with Gasteiger partial charge in [-0.2, -0.15) is 0 Å². The molecule has 106 valence electrons. The van der Waals surface area contributed by atoms with Crippen LogP contribution in [0.25, 0.3) is 0 Å². The standard InChI is InChI=1S/C14H17ClN4O/c1-10(20)19-13(8-14-16-6-7-17-14)9-18-12-4-2-11(15)3-5-12/h2-7,13,18H,8-9H2,1H3,(H,16,17)(H,19,20). The molecule has 6 heteroatoms. The van der Waals surface area contributed by atoms with Crippen LogP contribution in [0.1, 0.15) is 12.7 Å². The highest BCUT2D eigenvalue weighted by atomic mass is 35.5. The van der Waals surface area contributed by atoms with Gasteiger partial charge in [0.15, 0.2) is 0 Å². The van der Waals surface area contributed by atoms with Gasteiger partial charge in [-0.05, 0) is 24.3 Å². The van der Waals surface area contributed by atoms with Gasteiger partial charge in [0.2, 0.25) is 5.91 Å². The summed E-state index contributed by atoms with van der Waals surface area (Å²) < 4.78 is 0. The summed E-state index contributed by atoms with van der Waals surface area (Å²) in [6.07, 6.45) is 4.12. The second kappa shape index (κ2) is 6.96. The zero-order chi connectivity index (χ0) is 14.4. The summed E-state index contributed by atoms with van der Waals surface area (Å²) in [7, 11) is 0. The molecule has 1 atom stereocenters. The number of nitrogens with zero attached hydrogens (tertiary/aromatic N) is 1. The number of rotatable bonds is 6. The molecule has 5 nitrogen and oxygen atoms in total. The molecule has 0 aliphatic carbocycles. The van der Waals surface area contributed by atoms with E-state index in [1.54, 1.807) is 12.4 Å². The second-order valence-corrected chi connectivity index (χ2v) is 4.96. The quantitative estimate of drug-likeness (QED) is 0.764. The SMILES string of the molecule is CC(=O)NC(CNc1ccc(Cl)cc1)Cc1ncc[nH]1. The van der Waals surface area contributed by atoms with Crippen LogP contribution in [0, 0.1) is 0 Å². The third-order valence-corrected chi connectivity index (χ3v) is 3.05. The van der Waals surface area contributed by atoms with Gasteiger partial charge in [0.1, 0.15) is 5.82 Å². The molecule has 0 aliphatic rings. The highest BCUT2D eigenvalue weighted by Crippen LogP contribution is 2.13. The minimum Gasteiger partial charge on any atom is -0.383 e. The van der Waals surface area contributed by atoms with Gasteiger partial charge >= 0.3 is 0 Å². The molecule has 3 N–H and O–H groups in total. The van der Waals surface area contributed by atoms with Crippen LogP contribution in [0.15, 0.2) is 36.7 Å². The first-order valence-electron chi connectivity index (χ1n) is 6.38. The molecule has 1 heterocycles. The van der Waals surface area contributed by atoms with Gasteiger partial charge < -0.3 is 15.6 Å². The molecule has 1 unspecified atom stereocenters. The largest absolute Gasteiger partial charge is 0.383 e. The third-order valence-electron chi connectivity index (χ3n) is 2.80. The monoisotopic (exact) mass is 292 g/mol. The molecular weight excluding hydrogens is 276 g/mol. The summed E-state index contributed by atoms with van der Waals surface area (Å²) in [6.45, 7) is 2.12. The number of halogens is 1. The van der Waals surface area contributed by atoms with Gasteiger partial charge in [-0.1, -0.05) is 11.6 Å². The topological polar surface area (TPSA) is 69.8 Å². The predicted molar refractivity (Wildman–Crippen MR) is 79.8 cm³/mol. The Bertz CT molecular complexity index is 539. The number of aromatic nitrogens is 2. The summed E-state index contributed by atoms with van der Waals surface area (Å²) in [6, 6.07) is 7.42. The molecule has 20 heavy (non-hydrogen) atoms. The molecule has 1 amide bonds. The number of carbonyl (C=O) groups excluding carboxylic acids is 1. The van der Waals surface area contributed by atoms with E-state index in [4.69, 9.17) is 11.6 Å². The van der Waals surface area contributed by atoms with Crippen molar-refractivity contribution in [3.63, 3.8) is 0 Å². The van der Waals surface area contributed by atoms with Crippen molar-refractivity contribution in [2.75, 3.05) is 11.9 Å². The average Bonchev–Trinajstić information content (AvgIpc) is 2.90. The van der Waals surface area contributed by atoms with Crippen LogP contribution in [0.3, 0.4) is 0 Å². The van der Waals surface area contributed by atoms with Crippen LogP contribution in [0.2, 0.25) is 5.02 Å². The van der Waals surface area contributed by atoms with Crippen molar-refractivity contribution in [1.29, 1.82) is 0 Å². The maximum absolute atomic E-state index is 11.3. The molecule has 0 spiro atoms. The van der Waals surface area contributed by atoms with Crippen molar-refractivity contribution in [3.8, 4) is 0 Å². The number of benzene rings is 1. The van der Waals surface area contributed by atoms with E-state index in [-0.39, 0.29) is 11.9 Å². The molecule has 0 radical (unpaired) electrons. The Morgan fingerprint density at radius 2 is 2.15 bits per heavy atom. The Kier molecular flexibility index (Phi) is 5.01. The summed E-state index contributed by atoms with van der Waals surface area (Å²) >= 11 is 5.84. The highest BCUT2D eigenvalue weighted by Gasteiger charge is 2.12. The molecule has 2 aromatic rings. The molecule has 0 aliphatic heterocycles. The fraction of sp³-hybridized carbons (Fsp3) is 0.286. The van der Waals surface area contributed by atoms with Gasteiger partial charge in [0.05, 0.1) is 6.04 Å². The highest BCUT2D eigenvalue weighted by molar-refractivity contribution is 6.30. The number of amides is 1. The average molecular weight is 293 g/mol. The summed E-state index contributed by atoms with van der Waals surface area (Å²) in [5.41, 5.74) is 0.962. The van der Waals surface area contributed by atoms with Crippen molar-refractivity contribution < 1.29 is 4.79 Å². The minimum absolute atomic E-state index is 0.0330. The number of aromatic amines is 1. The number of hydrogen-bond donors (Lipinski definition) is 3. The number of carbonyl (C=O) groups is 1. The van der Waals surface area contributed by atoms with E-state index >= 15 is 0 Å². The second-order valence-electron chi connectivity index (χ2n) is 4.53. The molecule has 1 aromatic carbocycles. The van der Waals surface area contributed by atoms with Gasteiger partial charge in [0.25, 0.3) is 0 Å². The van der Waals surface area contributed by atoms with E-state index in [9.17, 15) is 4.79 Å². The number of anilines is 1. The molecular formula is C14H17ClN4O. The smallest absolute Gasteiger partial charge is 0.217 e. The zero-order valence-corrected chi connectivity index (χ0v) is 11.9. The maximum atomic E-state index is 11.3. The normalized spacial score (nSPS) is 11.9. The molecule has 0 bridgehead atoms. The summed E-state index contributed by atoms with van der Waals surface area (Å²) in [4.78, 5) is 18.5. The first kappa shape index (κ1) is 14.4.